The third kappa shape index (κ3) is 2.07. The van der Waals surface area contributed by atoms with Crippen molar-refractivity contribution in [1.29, 1.82) is 0 Å². The van der Waals surface area contributed by atoms with Gasteiger partial charge >= 0.3 is 5.97 Å². The van der Waals surface area contributed by atoms with Crippen LogP contribution in [0.25, 0.3) is 0 Å². The topological polar surface area (TPSA) is 88.7 Å². The normalized spacial score (nSPS) is 13.8. The van der Waals surface area contributed by atoms with E-state index < -0.39 is 5.97 Å². The molecular weight excluding hydrogens is 262 g/mol. The summed E-state index contributed by atoms with van der Waals surface area (Å²) in [4.78, 5) is 13.2. The quantitative estimate of drug-likeness (QED) is 0.907. The van der Waals surface area contributed by atoms with Crippen molar-refractivity contribution in [2.75, 3.05) is 18.1 Å². The predicted molar refractivity (Wildman–Crippen MR) is 69.0 cm³/mol. The van der Waals surface area contributed by atoms with Crippen molar-refractivity contribution in [2.24, 2.45) is 0 Å². The first-order chi connectivity index (χ1) is 9.66. The van der Waals surface area contributed by atoms with Crippen LogP contribution in [-0.4, -0.2) is 34.5 Å². The van der Waals surface area contributed by atoms with Crippen molar-refractivity contribution in [3.05, 3.63) is 35.2 Å². The summed E-state index contributed by atoms with van der Waals surface area (Å²) in [5.74, 6) is -0.594. The third-order valence-electron chi connectivity index (χ3n) is 3.26. The maximum absolute atomic E-state index is 11.2. The summed E-state index contributed by atoms with van der Waals surface area (Å²) in [6.07, 6.45) is 0. The van der Waals surface area contributed by atoms with Crippen LogP contribution in [0, 0.1) is 6.92 Å². The molecule has 20 heavy (non-hydrogen) atoms. The SMILES string of the molecule is Cc1nonc1CN1CCOc2c(C(=O)O)cccc21. The Balaban J connectivity index is 1.96. The first-order valence-corrected chi connectivity index (χ1v) is 6.19. The number of carboxylic acid groups (broad SMARTS) is 1. The number of carbonyl (C=O) groups is 1. The van der Waals surface area contributed by atoms with E-state index in [4.69, 9.17) is 4.74 Å². The van der Waals surface area contributed by atoms with Gasteiger partial charge in [-0.25, -0.2) is 9.42 Å². The minimum atomic E-state index is -0.997. The molecule has 0 saturated heterocycles. The Labute approximate surface area is 114 Å². The van der Waals surface area contributed by atoms with Gasteiger partial charge < -0.3 is 14.7 Å². The monoisotopic (exact) mass is 275 g/mol. The first-order valence-electron chi connectivity index (χ1n) is 6.19. The zero-order chi connectivity index (χ0) is 14.1. The number of hydrogen-bond donors (Lipinski definition) is 1. The molecule has 0 atom stereocenters. The van der Waals surface area contributed by atoms with Gasteiger partial charge in [-0.2, -0.15) is 0 Å². The zero-order valence-corrected chi connectivity index (χ0v) is 10.9. The van der Waals surface area contributed by atoms with Crippen LogP contribution < -0.4 is 9.64 Å². The second-order valence-electron chi connectivity index (χ2n) is 4.53. The maximum Gasteiger partial charge on any atom is 0.339 e. The Morgan fingerprint density at radius 3 is 3.00 bits per heavy atom. The average Bonchev–Trinajstić information content (AvgIpc) is 2.84. The highest BCUT2D eigenvalue weighted by molar-refractivity contribution is 5.93. The van der Waals surface area contributed by atoms with Gasteiger partial charge in [-0.1, -0.05) is 16.4 Å². The van der Waals surface area contributed by atoms with Crippen molar-refractivity contribution < 1.29 is 19.3 Å². The fourth-order valence-corrected chi connectivity index (χ4v) is 2.21. The molecule has 7 heteroatoms. The molecule has 0 unspecified atom stereocenters. The molecule has 0 bridgehead atoms. The van der Waals surface area contributed by atoms with Crippen LogP contribution in [0.2, 0.25) is 0 Å². The lowest BCUT2D eigenvalue weighted by molar-refractivity contribution is 0.0692. The number of aryl methyl sites for hydroxylation is 1. The molecule has 0 fully saturated rings. The standard InChI is InChI=1S/C13H13N3O4/c1-8-10(15-20-14-8)7-16-5-6-19-12-9(13(17)18)3-2-4-11(12)16/h2-4H,5-7H2,1H3,(H,17,18). The molecule has 2 heterocycles. The summed E-state index contributed by atoms with van der Waals surface area (Å²) in [6, 6.07) is 5.08. The molecule has 0 aliphatic carbocycles. The minimum absolute atomic E-state index is 0.169. The van der Waals surface area contributed by atoms with E-state index in [-0.39, 0.29) is 5.56 Å². The van der Waals surface area contributed by atoms with Crippen LogP contribution in [0.4, 0.5) is 5.69 Å². The van der Waals surface area contributed by atoms with E-state index in [0.29, 0.717) is 25.4 Å². The molecule has 1 aromatic heterocycles. The highest BCUT2D eigenvalue weighted by atomic mass is 16.6. The Kier molecular flexibility index (Phi) is 3.02. The molecule has 7 nitrogen and oxygen atoms in total. The summed E-state index contributed by atoms with van der Waals surface area (Å²) >= 11 is 0. The number of benzene rings is 1. The number of fused-ring (bicyclic) bond motifs is 1. The van der Waals surface area contributed by atoms with Gasteiger partial charge in [-0.05, 0) is 19.1 Å². The summed E-state index contributed by atoms with van der Waals surface area (Å²) < 4.78 is 10.2. The van der Waals surface area contributed by atoms with E-state index in [1.165, 1.54) is 6.07 Å². The summed E-state index contributed by atoms with van der Waals surface area (Å²) in [7, 11) is 0. The third-order valence-corrected chi connectivity index (χ3v) is 3.26. The number of para-hydroxylation sites is 1. The van der Waals surface area contributed by atoms with Gasteiger partial charge in [0.15, 0.2) is 5.75 Å². The van der Waals surface area contributed by atoms with Crippen molar-refractivity contribution in [3.8, 4) is 5.75 Å². The van der Waals surface area contributed by atoms with E-state index in [1.807, 2.05) is 17.9 Å². The van der Waals surface area contributed by atoms with Crippen LogP contribution in [0.3, 0.4) is 0 Å². The molecular formula is C13H13N3O4. The Morgan fingerprint density at radius 1 is 1.45 bits per heavy atom. The predicted octanol–water partition coefficient (Wildman–Crippen LogP) is 1.48. The summed E-state index contributed by atoms with van der Waals surface area (Å²) in [5, 5.41) is 16.8. The molecule has 3 rings (SSSR count). The van der Waals surface area contributed by atoms with Crippen molar-refractivity contribution in [1.82, 2.24) is 10.3 Å². The smallest absolute Gasteiger partial charge is 0.339 e. The maximum atomic E-state index is 11.2. The molecule has 2 aromatic rings. The molecule has 0 spiro atoms. The van der Waals surface area contributed by atoms with E-state index in [0.717, 1.165) is 17.1 Å². The Hall–Kier alpha value is -2.57. The number of aromatic nitrogens is 2. The van der Waals surface area contributed by atoms with Gasteiger partial charge in [0.25, 0.3) is 0 Å². The van der Waals surface area contributed by atoms with Crippen LogP contribution in [0.15, 0.2) is 22.8 Å². The number of nitrogens with zero attached hydrogens (tertiary/aromatic N) is 3. The molecule has 0 amide bonds. The average molecular weight is 275 g/mol. The Morgan fingerprint density at radius 2 is 2.30 bits per heavy atom. The lowest BCUT2D eigenvalue weighted by Gasteiger charge is -2.31. The molecule has 0 radical (unpaired) electrons. The molecule has 104 valence electrons. The second kappa shape index (κ2) is 4.84. The van der Waals surface area contributed by atoms with Crippen LogP contribution in [0.1, 0.15) is 21.7 Å². The van der Waals surface area contributed by atoms with Gasteiger partial charge in [-0.15, -0.1) is 0 Å². The van der Waals surface area contributed by atoms with E-state index in [2.05, 4.69) is 14.9 Å². The van der Waals surface area contributed by atoms with Crippen molar-refractivity contribution >= 4 is 11.7 Å². The van der Waals surface area contributed by atoms with Gasteiger partial charge in [0.2, 0.25) is 0 Å². The van der Waals surface area contributed by atoms with E-state index in [1.54, 1.807) is 6.07 Å². The summed E-state index contributed by atoms with van der Waals surface area (Å²) in [6.45, 7) is 3.42. The van der Waals surface area contributed by atoms with Gasteiger partial charge in [0, 0.05) is 0 Å². The number of ether oxygens (including phenoxy) is 1. The highest BCUT2D eigenvalue weighted by Crippen LogP contribution is 2.35. The number of aromatic carboxylic acids is 1. The second-order valence-corrected chi connectivity index (χ2v) is 4.53. The molecule has 0 saturated carbocycles. The number of hydrogen-bond acceptors (Lipinski definition) is 6. The van der Waals surface area contributed by atoms with E-state index in [9.17, 15) is 9.90 Å². The largest absolute Gasteiger partial charge is 0.489 e. The van der Waals surface area contributed by atoms with Gasteiger partial charge in [0.05, 0.1) is 18.8 Å². The fourth-order valence-electron chi connectivity index (χ4n) is 2.21. The van der Waals surface area contributed by atoms with Crippen molar-refractivity contribution in [2.45, 2.75) is 13.5 Å². The number of carboxylic acids is 1. The first kappa shape index (κ1) is 12.5. The van der Waals surface area contributed by atoms with Crippen LogP contribution >= 0.6 is 0 Å². The molecule has 1 aliphatic rings. The van der Waals surface area contributed by atoms with Crippen molar-refractivity contribution in [3.63, 3.8) is 0 Å². The molecule has 1 N–H and O–H groups in total. The lowest BCUT2D eigenvalue weighted by Crippen LogP contribution is -2.33. The number of anilines is 1. The minimum Gasteiger partial charge on any atom is -0.489 e. The lowest BCUT2D eigenvalue weighted by atomic mass is 10.1. The summed E-state index contributed by atoms with van der Waals surface area (Å²) in [5.41, 5.74) is 2.38. The molecule has 1 aliphatic heterocycles. The van der Waals surface area contributed by atoms with E-state index >= 15 is 0 Å². The van der Waals surface area contributed by atoms with Gasteiger partial charge in [-0.3, -0.25) is 0 Å². The number of rotatable bonds is 3. The highest BCUT2D eigenvalue weighted by Gasteiger charge is 2.24. The van der Waals surface area contributed by atoms with Gasteiger partial charge in [0.1, 0.15) is 23.6 Å². The van der Waals surface area contributed by atoms with Crippen LogP contribution in [-0.2, 0) is 6.54 Å². The fraction of sp³-hybridized carbons (Fsp3) is 0.308. The molecule has 1 aromatic carbocycles. The zero-order valence-electron chi connectivity index (χ0n) is 10.9. The Bertz CT molecular complexity index is 653. The van der Waals surface area contributed by atoms with Crippen LogP contribution in [0.5, 0.6) is 5.75 Å².